The van der Waals surface area contributed by atoms with Gasteiger partial charge < -0.3 is 25.1 Å². The third-order valence-electron chi connectivity index (χ3n) is 10.4. The molecule has 2 aromatic carbocycles. The molecule has 0 radical (unpaired) electrons. The van der Waals surface area contributed by atoms with Crippen LogP contribution in [0.25, 0.3) is 6.08 Å². The molecule has 14 heteroatoms. The van der Waals surface area contributed by atoms with Gasteiger partial charge in [0.15, 0.2) is 0 Å². The molecule has 54 heavy (non-hydrogen) atoms. The Balaban J connectivity index is 1.03. The molecule has 5 heterocycles. The minimum Gasteiger partial charge on any atom is -0.363 e. The fraction of sp³-hybridized carbons (Fsp3) is 0.400. The summed E-state index contributed by atoms with van der Waals surface area (Å²) >= 11 is 0. The van der Waals surface area contributed by atoms with Crippen molar-refractivity contribution in [3.63, 3.8) is 0 Å². The topological polar surface area (TPSA) is 148 Å². The fourth-order valence-corrected chi connectivity index (χ4v) is 8.95. The van der Waals surface area contributed by atoms with Crippen LogP contribution in [0.2, 0.25) is 0 Å². The van der Waals surface area contributed by atoms with Crippen molar-refractivity contribution in [1.29, 1.82) is 0 Å². The van der Waals surface area contributed by atoms with E-state index in [9.17, 15) is 23.4 Å². The van der Waals surface area contributed by atoms with E-state index in [0.717, 1.165) is 65.5 Å². The van der Waals surface area contributed by atoms with Crippen LogP contribution < -0.4 is 15.5 Å². The molecule has 7 rings (SSSR count). The van der Waals surface area contributed by atoms with Crippen LogP contribution in [0, 0.1) is 6.92 Å². The Morgan fingerprint density at radius 3 is 2.57 bits per heavy atom. The van der Waals surface area contributed by atoms with Crippen LogP contribution in [-0.2, 0) is 31.9 Å². The Hall–Kier alpha value is -5.05. The number of hydrogen-bond donors (Lipinski definition) is 2. The van der Waals surface area contributed by atoms with Gasteiger partial charge in [-0.15, -0.1) is 0 Å². The fourth-order valence-electron chi connectivity index (χ4n) is 7.66. The highest BCUT2D eigenvalue weighted by Crippen LogP contribution is 2.38. The quantitative estimate of drug-likeness (QED) is 0.187. The Bertz CT molecular complexity index is 1900. The van der Waals surface area contributed by atoms with Crippen molar-refractivity contribution in [2.24, 2.45) is 0 Å². The largest absolute Gasteiger partial charge is 0.363 e. The predicted molar refractivity (Wildman–Crippen MR) is 210 cm³/mol. The third-order valence-corrected chi connectivity index (χ3v) is 11.9. The molecule has 4 fully saturated rings. The molecule has 0 saturated carbocycles. The normalized spacial score (nSPS) is 20.1. The second-order valence-electron chi connectivity index (χ2n) is 14.0. The molecule has 4 saturated heterocycles. The first kappa shape index (κ1) is 38.7. The van der Waals surface area contributed by atoms with Gasteiger partial charge in [0.2, 0.25) is 12.4 Å². The molecule has 3 aromatic rings. The molecule has 284 valence electrons. The first-order valence-electron chi connectivity index (χ1n) is 18.4. The standard InChI is InChI=1S/C40H48N8O5S/c1-4-8-30-22-42-40(44-38(30)41-5-2)43-31-14-16-46(17-15-31)54(53)36-11-6-9-29(19-36)23-45-24-34-20-35(25-45)48(34)32-13-12-28(3)37(21-32)39(52)47(27-51)33(26-50)10-7-18-49/h4-6,8-9,11-13,18-19,21-22,26-27,31,33-35H,2,7,10,14-17,20,23-25H2,1,3H3,(H2,41,42,43,44)/b8-4-. The number of fused-ring (bicyclic) bond motifs is 2. The zero-order chi connectivity index (χ0) is 38.2. The number of nitrogens with one attached hydrogen (secondary N) is 2. The van der Waals surface area contributed by atoms with Gasteiger partial charge in [0, 0.05) is 80.3 Å². The summed E-state index contributed by atoms with van der Waals surface area (Å²) in [6.07, 6.45) is 11.7. The highest BCUT2D eigenvalue weighted by Gasteiger charge is 2.44. The van der Waals surface area contributed by atoms with Crippen molar-refractivity contribution in [2.45, 2.75) is 81.6 Å². The molecule has 4 aliphatic rings. The highest BCUT2D eigenvalue weighted by atomic mass is 32.2. The van der Waals surface area contributed by atoms with Crippen LogP contribution in [0.15, 0.2) is 72.4 Å². The van der Waals surface area contributed by atoms with Gasteiger partial charge in [-0.25, -0.2) is 13.5 Å². The molecule has 2 N–H and O–H groups in total. The predicted octanol–water partition coefficient (Wildman–Crippen LogP) is 4.58. The SMILES string of the molecule is C=CNc1nc(NC2CCN(S(=O)c3cccc(CN4CC5CC(C4)N5c4ccc(C)c(C(=O)N(C=O)C(C=O)CCC=O)c4)c3)CC2)ncc1/C=C\C. The molecule has 2 amide bonds. The number of aryl methyl sites for hydroxylation is 1. The van der Waals surface area contributed by atoms with Crippen molar-refractivity contribution in [1.82, 2.24) is 24.1 Å². The number of rotatable bonds is 17. The van der Waals surface area contributed by atoms with E-state index >= 15 is 0 Å². The van der Waals surface area contributed by atoms with Gasteiger partial charge in [-0.3, -0.25) is 19.4 Å². The van der Waals surface area contributed by atoms with Crippen molar-refractivity contribution in [2.75, 3.05) is 41.7 Å². The van der Waals surface area contributed by atoms with Crippen molar-refractivity contribution < 1.29 is 23.4 Å². The number of carbonyl (C=O) groups excluding carboxylic acids is 4. The lowest BCUT2D eigenvalue weighted by atomic mass is 9.86. The molecule has 0 spiro atoms. The highest BCUT2D eigenvalue weighted by molar-refractivity contribution is 7.82. The first-order valence-corrected chi connectivity index (χ1v) is 19.5. The number of imide groups is 1. The van der Waals surface area contributed by atoms with E-state index in [4.69, 9.17) is 0 Å². The number of nitrogens with zero attached hydrogens (tertiary/aromatic N) is 6. The summed E-state index contributed by atoms with van der Waals surface area (Å²) in [5.41, 5.74) is 3.98. The first-order chi connectivity index (χ1) is 26.3. The van der Waals surface area contributed by atoms with Gasteiger partial charge in [-0.1, -0.05) is 36.9 Å². The molecule has 0 aliphatic carbocycles. The van der Waals surface area contributed by atoms with Gasteiger partial charge in [0.1, 0.15) is 29.4 Å². The van der Waals surface area contributed by atoms with Crippen molar-refractivity contribution in [3.8, 4) is 0 Å². The van der Waals surface area contributed by atoms with Gasteiger partial charge in [0.05, 0.1) is 10.9 Å². The lowest BCUT2D eigenvalue weighted by molar-refractivity contribution is -0.123. The number of anilines is 3. The van der Waals surface area contributed by atoms with E-state index in [1.165, 1.54) is 0 Å². The summed E-state index contributed by atoms with van der Waals surface area (Å²) in [4.78, 5) is 63.4. The zero-order valence-corrected chi connectivity index (χ0v) is 31.6. The smallest absolute Gasteiger partial charge is 0.261 e. The number of amides is 2. The van der Waals surface area contributed by atoms with Gasteiger partial charge in [0.25, 0.3) is 5.91 Å². The lowest BCUT2D eigenvalue weighted by Crippen LogP contribution is -2.68. The summed E-state index contributed by atoms with van der Waals surface area (Å²) in [7, 11) is -1.28. The van der Waals surface area contributed by atoms with Crippen LogP contribution in [0.1, 0.15) is 66.1 Å². The van der Waals surface area contributed by atoms with Crippen LogP contribution in [0.4, 0.5) is 17.5 Å². The minimum atomic E-state index is -1.28. The Labute approximate surface area is 319 Å². The molecule has 2 bridgehead atoms. The number of allylic oxidation sites excluding steroid dienone is 1. The third kappa shape index (κ3) is 8.67. The minimum absolute atomic E-state index is 0.0770. The summed E-state index contributed by atoms with van der Waals surface area (Å²) < 4.78 is 15.7. The molecular formula is C40H48N8O5S. The number of carbonyl (C=O) groups is 4. The summed E-state index contributed by atoms with van der Waals surface area (Å²) in [6, 6.07) is 13.5. The molecule has 4 atom stereocenters. The Morgan fingerprint density at radius 2 is 1.89 bits per heavy atom. The monoisotopic (exact) mass is 752 g/mol. The summed E-state index contributed by atoms with van der Waals surface area (Å²) in [5, 5.41) is 6.52. The maximum Gasteiger partial charge on any atom is 0.261 e. The molecule has 13 nitrogen and oxygen atoms in total. The van der Waals surface area contributed by atoms with Gasteiger partial charge in [-0.05, 0) is 81.1 Å². The van der Waals surface area contributed by atoms with Crippen molar-refractivity contribution in [3.05, 3.63) is 89.8 Å². The summed E-state index contributed by atoms with van der Waals surface area (Å²) in [6.45, 7) is 11.3. The van der Waals surface area contributed by atoms with E-state index < -0.39 is 22.9 Å². The Kier molecular flexibility index (Phi) is 12.8. The summed E-state index contributed by atoms with van der Waals surface area (Å²) in [5.74, 6) is 0.694. The van der Waals surface area contributed by atoms with E-state index in [-0.39, 0.29) is 31.0 Å². The number of aromatic nitrogens is 2. The van der Waals surface area contributed by atoms with Crippen LogP contribution >= 0.6 is 0 Å². The van der Waals surface area contributed by atoms with E-state index in [1.807, 2.05) is 53.7 Å². The average Bonchev–Trinajstić information content (AvgIpc) is 3.18. The number of aldehydes is 2. The number of piperidine rings is 2. The Morgan fingerprint density at radius 1 is 1.11 bits per heavy atom. The van der Waals surface area contributed by atoms with Gasteiger partial charge >= 0.3 is 0 Å². The van der Waals surface area contributed by atoms with E-state index in [1.54, 1.807) is 19.3 Å². The van der Waals surface area contributed by atoms with Gasteiger partial charge in [-0.2, -0.15) is 4.98 Å². The number of hydrogen-bond acceptors (Lipinski definition) is 11. The van der Waals surface area contributed by atoms with E-state index in [0.29, 0.717) is 55.0 Å². The zero-order valence-electron chi connectivity index (χ0n) is 30.8. The second kappa shape index (κ2) is 17.9. The second-order valence-corrected chi connectivity index (χ2v) is 15.5. The van der Waals surface area contributed by atoms with Crippen molar-refractivity contribution >= 4 is 59.4 Å². The maximum atomic E-state index is 13.7. The van der Waals surface area contributed by atoms with Crippen LogP contribution in [0.5, 0.6) is 0 Å². The van der Waals surface area contributed by atoms with E-state index in [2.05, 4.69) is 49.1 Å². The average molecular weight is 753 g/mol. The van der Waals surface area contributed by atoms with Crippen LogP contribution in [0.3, 0.4) is 0 Å². The maximum absolute atomic E-state index is 13.7. The van der Waals surface area contributed by atoms with Crippen LogP contribution in [-0.4, -0.2) is 104 Å². The number of benzene rings is 2. The number of piperazine rings is 1. The molecular weight excluding hydrogens is 705 g/mol. The molecule has 4 unspecified atom stereocenters. The molecule has 1 aromatic heterocycles. The lowest BCUT2D eigenvalue weighted by Gasteiger charge is -2.58. The molecule has 4 aliphatic heterocycles.